The number of fused-ring (bicyclic) bond motifs is 1. The van der Waals surface area contributed by atoms with Crippen LogP contribution in [0, 0.1) is 18.3 Å². The molecule has 0 atom stereocenters. The molecule has 1 aliphatic heterocycles. The second-order valence-corrected chi connectivity index (χ2v) is 6.32. The Morgan fingerprint density at radius 1 is 1.18 bits per heavy atom. The summed E-state index contributed by atoms with van der Waals surface area (Å²) in [7, 11) is 0. The van der Waals surface area contributed by atoms with Gasteiger partial charge in [-0.2, -0.15) is 5.26 Å². The summed E-state index contributed by atoms with van der Waals surface area (Å²) >= 11 is 6.92. The van der Waals surface area contributed by atoms with Gasteiger partial charge in [0.1, 0.15) is 16.6 Å². The molecule has 0 amide bonds. The number of benzene rings is 2. The Labute approximate surface area is 139 Å². The summed E-state index contributed by atoms with van der Waals surface area (Å²) in [4.78, 5) is 1.53. The van der Waals surface area contributed by atoms with Gasteiger partial charge in [-0.05, 0) is 31.2 Å². The minimum Gasteiger partial charge on any atom is -0.348 e. The molecular weight excluding hydrogens is 310 g/mol. The molecule has 22 heavy (non-hydrogen) atoms. The van der Waals surface area contributed by atoms with Gasteiger partial charge in [0.2, 0.25) is 0 Å². The molecule has 0 aliphatic carbocycles. The highest BCUT2D eigenvalue weighted by atomic mass is 32.2. The Bertz CT molecular complexity index is 774. The van der Waals surface area contributed by atoms with Crippen LogP contribution in [0.5, 0.6) is 0 Å². The molecule has 3 rings (SSSR count). The van der Waals surface area contributed by atoms with Crippen molar-refractivity contribution in [2.75, 3.05) is 10.6 Å². The molecule has 0 spiro atoms. The molecule has 0 bridgehead atoms. The fourth-order valence-electron chi connectivity index (χ4n) is 2.07. The number of rotatable bonds is 2. The third kappa shape index (κ3) is 2.98. The summed E-state index contributed by atoms with van der Waals surface area (Å²) in [5, 5.41) is 16.6. The molecule has 0 unspecified atom stereocenters. The van der Waals surface area contributed by atoms with Gasteiger partial charge in [0.05, 0.1) is 10.7 Å². The molecule has 0 aromatic heterocycles. The van der Waals surface area contributed by atoms with E-state index in [-0.39, 0.29) is 0 Å². The standard InChI is InChI=1S/C17H13N3S2/c1-11-6-8-12(9-7-11)19-16(21)13(10-18)17-20-14-4-2-3-5-15(14)22-17/h2-9,20H,1H3,(H,19,21)/b17-13-. The van der Waals surface area contributed by atoms with Crippen molar-refractivity contribution >= 4 is 40.3 Å². The number of nitrogens with zero attached hydrogens (tertiary/aromatic N) is 1. The van der Waals surface area contributed by atoms with Gasteiger partial charge >= 0.3 is 0 Å². The highest BCUT2D eigenvalue weighted by molar-refractivity contribution is 8.03. The largest absolute Gasteiger partial charge is 0.348 e. The number of para-hydroxylation sites is 1. The maximum atomic E-state index is 9.47. The minimum absolute atomic E-state index is 0.425. The van der Waals surface area contributed by atoms with Gasteiger partial charge in [0, 0.05) is 10.6 Å². The van der Waals surface area contributed by atoms with Crippen LogP contribution in [0.2, 0.25) is 0 Å². The molecule has 108 valence electrons. The van der Waals surface area contributed by atoms with Crippen LogP contribution in [0.4, 0.5) is 11.4 Å². The van der Waals surface area contributed by atoms with Gasteiger partial charge in [-0.1, -0.05) is 53.8 Å². The van der Waals surface area contributed by atoms with Crippen molar-refractivity contribution in [1.82, 2.24) is 0 Å². The Balaban J connectivity index is 1.83. The first-order valence-corrected chi connectivity index (χ1v) is 7.96. The first-order valence-electron chi connectivity index (χ1n) is 6.73. The lowest BCUT2D eigenvalue weighted by molar-refractivity contribution is 1.44. The van der Waals surface area contributed by atoms with Gasteiger partial charge in [-0.25, -0.2) is 0 Å². The molecule has 1 heterocycles. The first-order chi connectivity index (χ1) is 10.7. The Morgan fingerprint density at radius 2 is 1.91 bits per heavy atom. The third-order valence-corrected chi connectivity index (χ3v) is 4.62. The van der Waals surface area contributed by atoms with Crippen LogP contribution >= 0.6 is 24.0 Å². The van der Waals surface area contributed by atoms with Crippen LogP contribution in [-0.4, -0.2) is 4.99 Å². The van der Waals surface area contributed by atoms with Crippen molar-refractivity contribution in [2.24, 2.45) is 0 Å². The van der Waals surface area contributed by atoms with Gasteiger partial charge in [0.15, 0.2) is 0 Å². The Kier molecular flexibility index (Phi) is 4.14. The molecule has 1 aliphatic rings. The molecule has 5 heteroatoms. The number of nitriles is 1. The van der Waals surface area contributed by atoms with E-state index < -0.39 is 0 Å². The van der Waals surface area contributed by atoms with E-state index >= 15 is 0 Å². The maximum absolute atomic E-state index is 9.47. The Hall–Kier alpha value is -2.29. The number of hydrogen-bond donors (Lipinski definition) is 2. The second-order valence-electron chi connectivity index (χ2n) is 4.86. The lowest BCUT2D eigenvalue weighted by Gasteiger charge is -2.09. The number of thioether (sulfide) groups is 1. The smallest absolute Gasteiger partial charge is 0.124 e. The third-order valence-electron chi connectivity index (χ3n) is 3.22. The van der Waals surface area contributed by atoms with Gasteiger partial charge in [-0.3, -0.25) is 0 Å². The molecule has 2 aromatic rings. The zero-order chi connectivity index (χ0) is 15.5. The average molecular weight is 323 g/mol. The van der Waals surface area contributed by atoms with Crippen LogP contribution in [0.3, 0.4) is 0 Å². The lowest BCUT2D eigenvalue weighted by atomic mass is 10.2. The second kappa shape index (κ2) is 6.22. The van der Waals surface area contributed by atoms with E-state index in [9.17, 15) is 5.26 Å². The fraction of sp³-hybridized carbons (Fsp3) is 0.0588. The van der Waals surface area contributed by atoms with E-state index in [0.717, 1.165) is 21.3 Å². The zero-order valence-electron chi connectivity index (χ0n) is 11.9. The summed E-state index contributed by atoms with van der Waals surface area (Å²) in [5.74, 6) is 0. The van der Waals surface area contributed by atoms with E-state index in [1.54, 1.807) is 0 Å². The van der Waals surface area contributed by atoms with Crippen molar-refractivity contribution in [3.05, 3.63) is 64.7 Å². The SMILES string of the molecule is Cc1ccc(NC(=S)/C(C#N)=C2/Nc3ccccc3S2)cc1. The number of nitrogens with one attached hydrogen (secondary N) is 2. The average Bonchev–Trinajstić information content (AvgIpc) is 2.94. The lowest BCUT2D eigenvalue weighted by Crippen LogP contribution is -2.13. The van der Waals surface area contributed by atoms with Crippen molar-refractivity contribution < 1.29 is 0 Å². The minimum atomic E-state index is 0.425. The van der Waals surface area contributed by atoms with Gasteiger partial charge in [0.25, 0.3) is 0 Å². The molecule has 0 radical (unpaired) electrons. The number of aryl methyl sites for hydroxylation is 1. The quantitative estimate of drug-likeness (QED) is 0.477. The molecule has 3 nitrogen and oxygen atoms in total. The molecule has 0 saturated carbocycles. The summed E-state index contributed by atoms with van der Waals surface area (Å²) in [6, 6.07) is 18.1. The number of anilines is 2. The maximum Gasteiger partial charge on any atom is 0.124 e. The monoisotopic (exact) mass is 323 g/mol. The molecule has 2 aromatic carbocycles. The van der Waals surface area contributed by atoms with Crippen molar-refractivity contribution in [2.45, 2.75) is 11.8 Å². The summed E-state index contributed by atoms with van der Waals surface area (Å²) in [6.07, 6.45) is 0. The fourth-order valence-corrected chi connectivity index (χ4v) is 3.40. The van der Waals surface area contributed by atoms with Crippen LogP contribution in [0.1, 0.15) is 5.56 Å². The van der Waals surface area contributed by atoms with Crippen LogP contribution in [-0.2, 0) is 0 Å². The van der Waals surface area contributed by atoms with Crippen molar-refractivity contribution in [3.8, 4) is 6.07 Å². The molecule has 0 saturated heterocycles. The summed E-state index contributed by atoms with van der Waals surface area (Å²) < 4.78 is 0. The molecule has 0 fully saturated rings. The van der Waals surface area contributed by atoms with Crippen LogP contribution in [0.25, 0.3) is 0 Å². The van der Waals surface area contributed by atoms with Crippen LogP contribution in [0.15, 0.2) is 64.0 Å². The topological polar surface area (TPSA) is 47.9 Å². The highest BCUT2D eigenvalue weighted by Gasteiger charge is 2.21. The highest BCUT2D eigenvalue weighted by Crippen LogP contribution is 2.42. The van der Waals surface area contributed by atoms with Crippen molar-refractivity contribution in [1.29, 1.82) is 5.26 Å². The predicted molar refractivity (Wildman–Crippen MR) is 96.0 cm³/mol. The summed E-state index contributed by atoms with van der Waals surface area (Å²) in [5.41, 5.74) is 3.52. The number of thiocarbonyl (C=S) groups is 1. The summed E-state index contributed by atoms with van der Waals surface area (Å²) in [6.45, 7) is 2.03. The Morgan fingerprint density at radius 3 is 2.59 bits per heavy atom. The first kappa shape index (κ1) is 14.6. The zero-order valence-corrected chi connectivity index (χ0v) is 13.5. The van der Waals surface area contributed by atoms with Gasteiger partial charge in [-0.15, -0.1) is 0 Å². The normalized spacial score (nSPS) is 14.5. The number of hydrogen-bond acceptors (Lipinski definition) is 4. The van der Waals surface area contributed by atoms with Crippen molar-refractivity contribution in [3.63, 3.8) is 0 Å². The predicted octanol–water partition coefficient (Wildman–Crippen LogP) is 4.69. The van der Waals surface area contributed by atoms with E-state index in [1.165, 1.54) is 17.3 Å². The van der Waals surface area contributed by atoms with Gasteiger partial charge < -0.3 is 10.6 Å². The van der Waals surface area contributed by atoms with Crippen LogP contribution < -0.4 is 10.6 Å². The molecular formula is C17H13N3S2. The van der Waals surface area contributed by atoms with E-state index in [0.29, 0.717) is 10.6 Å². The molecule has 2 N–H and O–H groups in total. The van der Waals surface area contributed by atoms with E-state index in [4.69, 9.17) is 12.2 Å². The van der Waals surface area contributed by atoms with E-state index in [2.05, 4.69) is 16.7 Å². The van der Waals surface area contributed by atoms with E-state index in [1.807, 2.05) is 55.5 Å².